The van der Waals surface area contributed by atoms with Crippen molar-refractivity contribution in [2.45, 2.75) is 0 Å². The topological polar surface area (TPSA) is 40.5 Å². The molecule has 5 heteroatoms. The molecule has 0 radical (unpaired) electrons. The average Bonchev–Trinajstić information content (AvgIpc) is 2.24. The van der Waals surface area contributed by atoms with E-state index in [0.717, 1.165) is 12.1 Å². The summed E-state index contributed by atoms with van der Waals surface area (Å²) in [6, 6.07) is 3.19. The van der Waals surface area contributed by atoms with Crippen LogP contribution in [-0.4, -0.2) is 10.2 Å². The average molecular weight is 346 g/mol. The van der Waals surface area contributed by atoms with Gasteiger partial charge in [0.05, 0.1) is 5.56 Å². The second kappa shape index (κ2) is 4.37. The van der Waals surface area contributed by atoms with E-state index >= 15 is 0 Å². The van der Waals surface area contributed by atoms with E-state index in [1.54, 1.807) is 22.6 Å². The van der Waals surface area contributed by atoms with Gasteiger partial charge in [0, 0.05) is 34.0 Å². The molecule has 0 atom stereocenters. The third-order valence-electron chi connectivity index (χ3n) is 2.27. The molecule has 17 heavy (non-hydrogen) atoms. The summed E-state index contributed by atoms with van der Waals surface area (Å²) in [7, 11) is 0. The molecule has 0 heterocycles. The molecule has 0 saturated heterocycles. The summed E-state index contributed by atoms with van der Waals surface area (Å²) in [5.41, 5.74) is -0.216. The first-order valence-electron chi connectivity index (χ1n) is 4.50. The number of phenols is 2. The van der Waals surface area contributed by atoms with Crippen LogP contribution in [0.5, 0.6) is 11.5 Å². The number of hydrogen-bond donors (Lipinski definition) is 2. The number of fused-ring (bicyclic) bond motifs is 1. The van der Waals surface area contributed by atoms with Crippen LogP contribution in [0.4, 0.5) is 8.78 Å². The first-order chi connectivity index (χ1) is 8.04. The van der Waals surface area contributed by atoms with Crippen molar-refractivity contribution in [2.24, 2.45) is 0 Å². The van der Waals surface area contributed by atoms with Crippen molar-refractivity contribution < 1.29 is 19.0 Å². The van der Waals surface area contributed by atoms with Crippen molar-refractivity contribution in [1.82, 2.24) is 0 Å². The molecule has 0 bridgehead atoms. The van der Waals surface area contributed by atoms with E-state index in [1.165, 1.54) is 6.07 Å². The molecular formula is C12H5F2IO2. The van der Waals surface area contributed by atoms with Crippen molar-refractivity contribution >= 4 is 33.4 Å². The minimum absolute atomic E-state index is 0.0888. The zero-order valence-corrected chi connectivity index (χ0v) is 10.4. The minimum atomic E-state index is -1.11. The fourth-order valence-corrected chi connectivity index (χ4v) is 1.88. The van der Waals surface area contributed by atoms with Crippen molar-refractivity contribution in [3.8, 4) is 21.3 Å². The van der Waals surface area contributed by atoms with Gasteiger partial charge in [0.15, 0.2) is 11.6 Å². The quantitative estimate of drug-likeness (QED) is 0.568. The van der Waals surface area contributed by atoms with Crippen LogP contribution in [0.3, 0.4) is 0 Å². The molecule has 0 aliphatic carbocycles. The lowest BCUT2D eigenvalue weighted by atomic mass is 10.0. The summed E-state index contributed by atoms with van der Waals surface area (Å²) in [5, 5.41) is 19.2. The molecule has 0 saturated carbocycles. The Morgan fingerprint density at radius 1 is 1.12 bits per heavy atom. The van der Waals surface area contributed by atoms with E-state index in [0.29, 0.717) is 0 Å². The maximum atomic E-state index is 13.5. The second-order valence-corrected chi connectivity index (χ2v) is 3.87. The Balaban J connectivity index is 3.01. The molecule has 0 spiro atoms. The molecule has 0 unspecified atom stereocenters. The van der Waals surface area contributed by atoms with Gasteiger partial charge >= 0.3 is 0 Å². The Hall–Kier alpha value is -1.55. The highest BCUT2D eigenvalue weighted by Gasteiger charge is 2.15. The van der Waals surface area contributed by atoms with E-state index < -0.39 is 11.6 Å². The molecule has 2 N–H and O–H groups in total. The fraction of sp³-hybridized carbons (Fsp3) is 0. The Morgan fingerprint density at radius 3 is 2.47 bits per heavy atom. The van der Waals surface area contributed by atoms with Gasteiger partial charge in [-0.3, -0.25) is 0 Å². The lowest BCUT2D eigenvalue weighted by molar-refractivity contribution is 0.454. The summed E-state index contributed by atoms with van der Waals surface area (Å²) in [6.45, 7) is 0. The molecule has 2 rings (SSSR count). The smallest absolute Gasteiger partial charge is 0.175 e. The zero-order chi connectivity index (χ0) is 12.6. The Morgan fingerprint density at radius 2 is 1.82 bits per heavy atom. The minimum Gasteiger partial charge on any atom is -0.508 e. The van der Waals surface area contributed by atoms with Crippen LogP contribution < -0.4 is 0 Å². The van der Waals surface area contributed by atoms with Gasteiger partial charge in [-0.15, -0.1) is 0 Å². The van der Waals surface area contributed by atoms with E-state index in [9.17, 15) is 19.0 Å². The molecule has 0 amide bonds. The van der Waals surface area contributed by atoms with Crippen LogP contribution in [0.2, 0.25) is 0 Å². The highest BCUT2D eigenvalue weighted by molar-refractivity contribution is 14.1. The van der Waals surface area contributed by atoms with Gasteiger partial charge in [0.1, 0.15) is 11.5 Å². The number of benzene rings is 2. The van der Waals surface area contributed by atoms with Gasteiger partial charge in [-0.05, 0) is 21.4 Å². The third-order valence-corrected chi connectivity index (χ3v) is 2.54. The number of phenolic OH excluding ortho intramolecular Hbond substituents is 2. The fourth-order valence-electron chi connectivity index (χ4n) is 1.61. The van der Waals surface area contributed by atoms with Crippen LogP contribution in [0, 0.1) is 21.5 Å². The predicted molar refractivity (Wildman–Crippen MR) is 68.1 cm³/mol. The van der Waals surface area contributed by atoms with E-state index in [4.69, 9.17) is 0 Å². The van der Waals surface area contributed by atoms with Crippen molar-refractivity contribution in [2.75, 3.05) is 0 Å². The molecule has 2 aromatic carbocycles. The molecule has 0 aliphatic heterocycles. The maximum Gasteiger partial charge on any atom is 0.175 e. The van der Waals surface area contributed by atoms with E-state index in [-0.39, 0.29) is 27.8 Å². The molecule has 0 aromatic heterocycles. The Bertz CT molecular complexity index is 672. The molecular weight excluding hydrogens is 341 g/mol. The summed E-state index contributed by atoms with van der Waals surface area (Å²) in [4.78, 5) is 0. The highest BCUT2D eigenvalue weighted by Crippen LogP contribution is 2.34. The number of aromatic hydroxyl groups is 2. The summed E-state index contributed by atoms with van der Waals surface area (Å²) < 4.78 is 29.3. The number of halogens is 3. The Labute approximate surface area is 109 Å². The normalized spacial score (nSPS) is 10.1. The number of rotatable bonds is 0. The van der Waals surface area contributed by atoms with Gasteiger partial charge in [-0.25, -0.2) is 8.78 Å². The lowest BCUT2D eigenvalue weighted by Gasteiger charge is -2.06. The maximum absolute atomic E-state index is 13.5. The van der Waals surface area contributed by atoms with Gasteiger partial charge < -0.3 is 10.2 Å². The lowest BCUT2D eigenvalue weighted by Crippen LogP contribution is -1.92. The van der Waals surface area contributed by atoms with Crippen molar-refractivity contribution in [1.29, 1.82) is 0 Å². The standard InChI is InChI=1S/C12H5F2IO2/c13-9-4-6-3-7(16)5-10(17)11(6)8(1-2-15)12(9)14/h3-5,16-17H. The largest absolute Gasteiger partial charge is 0.508 e. The van der Waals surface area contributed by atoms with E-state index in [1.807, 2.05) is 0 Å². The monoisotopic (exact) mass is 346 g/mol. The van der Waals surface area contributed by atoms with Crippen LogP contribution in [0.1, 0.15) is 5.56 Å². The predicted octanol–water partition coefficient (Wildman–Crippen LogP) is 3.27. The van der Waals surface area contributed by atoms with Gasteiger partial charge in [-0.1, -0.05) is 5.92 Å². The second-order valence-electron chi connectivity index (χ2n) is 3.33. The molecule has 2 nitrogen and oxygen atoms in total. The third kappa shape index (κ3) is 2.00. The first kappa shape index (κ1) is 11.9. The van der Waals surface area contributed by atoms with Crippen LogP contribution in [0.15, 0.2) is 18.2 Å². The zero-order valence-electron chi connectivity index (χ0n) is 8.26. The van der Waals surface area contributed by atoms with Crippen LogP contribution in [0.25, 0.3) is 10.8 Å². The first-order valence-corrected chi connectivity index (χ1v) is 5.57. The summed E-state index contributed by atoms with van der Waals surface area (Å²) in [6.07, 6.45) is 0. The number of hydrogen-bond acceptors (Lipinski definition) is 2. The van der Waals surface area contributed by atoms with Gasteiger partial charge in [0.25, 0.3) is 0 Å². The summed E-state index contributed by atoms with van der Waals surface area (Å²) in [5.74, 6) is -0.348. The van der Waals surface area contributed by atoms with Crippen molar-refractivity contribution in [3.63, 3.8) is 0 Å². The summed E-state index contributed by atoms with van der Waals surface area (Å²) >= 11 is 1.69. The van der Waals surface area contributed by atoms with Crippen LogP contribution >= 0.6 is 22.6 Å². The molecule has 86 valence electrons. The molecule has 2 aromatic rings. The van der Waals surface area contributed by atoms with E-state index in [2.05, 4.69) is 9.85 Å². The Kier molecular flexibility index (Phi) is 3.07. The van der Waals surface area contributed by atoms with Gasteiger partial charge in [-0.2, -0.15) is 0 Å². The van der Waals surface area contributed by atoms with Gasteiger partial charge in [0.2, 0.25) is 0 Å². The highest BCUT2D eigenvalue weighted by atomic mass is 127. The molecule has 0 fully saturated rings. The van der Waals surface area contributed by atoms with Crippen molar-refractivity contribution in [3.05, 3.63) is 35.4 Å². The SMILES string of the molecule is Oc1cc(O)c2c(C#CI)c(F)c(F)cc2c1. The van der Waals surface area contributed by atoms with Crippen LogP contribution in [-0.2, 0) is 0 Å². The molecule has 0 aliphatic rings.